The lowest BCUT2D eigenvalue weighted by Crippen LogP contribution is -2.31. The fraction of sp³-hybridized carbons (Fsp3) is 0.227. The van der Waals surface area contributed by atoms with Crippen LogP contribution in [0.1, 0.15) is 36.2 Å². The Bertz CT molecular complexity index is 861. The van der Waals surface area contributed by atoms with Gasteiger partial charge in [-0.05, 0) is 36.6 Å². The van der Waals surface area contributed by atoms with Gasteiger partial charge in [-0.1, -0.05) is 49.4 Å². The lowest BCUT2D eigenvalue weighted by Gasteiger charge is -2.11. The molecule has 0 aliphatic rings. The van der Waals surface area contributed by atoms with Crippen LogP contribution in [0.4, 0.5) is 5.95 Å². The van der Waals surface area contributed by atoms with Crippen LogP contribution in [0.15, 0.2) is 67.0 Å². The van der Waals surface area contributed by atoms with E-state index in [-0.39, 0.29) is 11.9 Å². The van der Waals surface area contributed by atoms with E-state index in [0.717, 1.165) is 17.5 Å². The zero-order valence-corrected chi connectivity index (χ0v) is 15.6. The molecule has 0 bridgehead atoms. The fourth-order valence-electron chi connectivity index (χ4n) is 2.57. The molecule has 0 saturated heterocycles. The highest BCUT2D eigenvalue weighted by Crippen LogP contribution is 2.19. The van der Waals surface area contributed by atoms with Gasteiger partial charge in [0.15, 0.2) is 0 Å². The molecular weight excluding hydrogens is 336 g/mol. The molecule has 2 N–H and O–H groups in total. The van der Waals surface area contributed by atoms with Crippen LogP contribution >= 0.6 is 0 Å². The van der Waals surface area contributed by atoms with Gasteiger partial charge in [-0.15, -0.1) is 0 Å². The number of carbonyl (C=O) groups is 1. The highest BCUT2D eigenvalue weighted by atomic mass is 16.1. The van der Waals surface area contributed by atoms with Crippen molar-refractivity contribution in [3.8, 4) is 11.1 Å². The molecule has 0 unspecified atom stereocenters. The number of aromatic nitrogens is 2. The zero-order chi connectivity index (χ0) is 19.1. The molecule has 1 atom stereocenters. The summed E-state index contributed by atoms with van der Waals surface area (Å²) in [7, 11) is 0. The Hall–Kier alpha value is -3.21. The minimum Gasteiger partial charge on any atom is -0.350 e. The van der Waals surface area contributed by atoms with Crippen molar-refractivity contribution >= 4 is 11.9 Å². The third-order valence-electron chi connectivity index (χ3n) is 4.42. The van der Waals surface area contributed by atoms with Gasteiger partial charge in [0.25, 0.3) is 5.91 Å². The van der Waals surface area contributed by atoms with Crippen molar-refractivity contribution in [3.05, 3.63) is 78.1 Å². The van der Waals surface area contributed by atoms with E-state index in [4.69, 9.17) is 0 Å². The number of nitrogens with one attached hydrogen (secondary N) is 2. The van der Waals surface area contributed by atoms with Crippen LogP contribution < -0.4 is 10.6 Å². The van der Waals surface area contributed by atoms with Gasteiger partial charge in [0.2, 0.25) is 5.95 Å². The Morgan fingerprint density at radius 3 is 2.26 bits per heavy atom. The molecule has 27 heavy (non-hydrogen) atoms. The second-order valence-corrected chi connectivity index (χ2v) is 6.49. The number of rotatable bonds is 7. The topological polar surface area (TPSA) is 66.9 Å². The molecule has 0 saturated carbocycles. The van der Waals surface area contributed by atoms with E-state index in [2.05, 4.69) is 32.7 Å². The van der Waals surface area contributed by atoms with E-state index < -0.39 is 0 Å². The molecule has 0 aliphatic carbocycles. The van der Waals surface area contributed by atoms with Gasteiger partial charge in [-0.3, -0.25) is 4.79 Å². The van der Waals surface area contributed by atoms with Crippen molar-refractivity contribution in [3.63, 3.8) is 0 Å². The summed E-state index contributed by atoms with van der Waals surface area (Å²) in [5, 5.41) is 6.18. The summed E-state index contributed by atoms with van der Waals surface area (Å²) < 4.78 is 0. The Balaban J connectivity index is 1.62. The molecule has 3 aromatic rings. The molecule has 5 nitrogen and oxygen atoms in total. The maximum Gasteiger partial charge on any atom is 0.251 e. The molecular formula is C22H24N4O. The number of amides is 1. The van der Waals surface area contributed by atoms with E-state index in [9.17, 15) is 4.79 Å². The summed E-state index contributed by atoms with van der Waals surface area (Å²) in [6.07, 6.45) is 4.48. The predicted octanol–water partition coefficient (Wildman–Crippen LogP) is 4.28. The third kappa shape index (κ3) is 5.14. The molecule has 0 fully saturated rings. The first kappa shape index (κ1) is 18.6. The summed E-state index contributed by atoms with van der Waals surface area (Å²) in [4.78, 5) is 20.9. The van der Waals surface area contributed by atoms with Crippen molar-refractivity contribution in [2.75, 3.05) is 5.32 Å². The lowest BCUT2D eigenvalue weighted by molar-refractivity contribution is 0.0939. The predicted molar refractivity (Wildman–Crippen MR) is 108 cm³/mol. The minimum absolute atomic E-state index is 0.0485. The van der Waals surface area contributed by atoms with Crippen molar-refractivity contribution in [1.82, 2.24) is 15.3 Å². The van der Waals surface area contributed by atoms with Crippen molar-refractivity contribution in [2.45, 2.75) is 32.9 Å². The average molecular weight is 360 g/mol. The molecule has 138 valence electrons. The number of nitrogens with zero attached hydrogens (tertiary/aromatic N) is 2. The Labute approximate surface area is 159 Å². The Morgan fingerprint density at radius 1 is 0.963 bits per heavy atom. The van der Waals surface area contributed by atoms with Gasteiger partial charge in [0.1, 0.15) is 0 Å². The summed E-state index contributed by atoms with van der Waals surface area (Å²) in [6, 6.07) is 17.8. The normalized spacial score (nSPS) is 11.6. The van der Waals surface area contributed by atoms with E-state index in [1.54, 1.807) is 12.4 Å². The molecule has 1 heterocycles. The van der Waals surface area contributed by atoms with Gasteiger partial charge >= 0.3 is 0 Å². The largest absolute Gasteiger partial charge is 0.350 e. The monoisotopic (exact) mass is 360 g/mol. The highest BCUT2D eigenvalue weighted by molar-refractivity contribution is 5.94. The van der Waals surface area contributed by atoms with Gasteiger partial charge < -0.3 is 10.6 Å². The van der Waals surface area contributed by atoms with Crippen LogP contribution in [0.3, 0.4) is 0 Å². The second-order valence-electron chi connectivity index (χ2n) is 6.49. The molecule has 0 radical (unpaired) electrons. The highest BCUT2D eigenvalue weighted by Gasteiger charge is 2.09. The molecule has 0 aliphatic heterocycles. The Kier molecular flexibility index (Phi) is 6.15. The summed E-state index contributed by atoms with van der Waals surface area (Å²) >= 11 is 0. The van der Waals surface area contributed by atoms with Crippen LogP contribution in [0.2, 0.25) is 0 Å². The van der Waals surface area contributed by atoms with Crippen LogP contribution in [0, 0.1) is 0 Å². The number of anilines is 1. The number of carbonyl (C=O) groups excluding carboxylic acids is 1. The number of benzene rings is 2. The molecule has 1 aromatic heterocycles. The third-order valence-corrected chi connectivity index (χ3v) is 4.42. The summed E-state index contributed by atoms with van der Waals surface area (Å²) in [5.41, 5.74) is 3.72. The van der Waals surface area contributed by atoms with Gasteiger partial charge in [0.05, 0.1) is 0 Å². The van der Waals surface area contributed by atoms with Crippen LogP contribution in [-0.4, -0.2) is 21.9 Å². The van der Waals surface area contributed by atoms with E-state index >= 15 is 0 Å². The van der Waals surface area contributed by atoms with Gasteiger partial charge in [0, 0.05) is 36.1 Å². The first-order valence-electron chi connectivity index (χ1n) is 9.17. The quantitative estimate of drug-likeness (QED) is 0.660. The zero-order valence-electron chi connectivity index (χ0n) is 15.6. The maximum absolute atomic E-state index is 12.2. The summed E-state index contributed by atoms with van der Waals surface area (Å²) in [5.74, 6) is 0.541. The SMILES string of the molecule is CC[C@@H](C)NC(=O)c1ccc(-c2cnc(NCc3ccccc3)nc2)cc1. The van der Waals surface area contributed by atoms with Crippen molar-refractivity contribution in [2.24, 2.45) is 0 Å². The van der Waals surface area contributed by atoms with E-state index in [1.807, 2.05) is 56.3 Å². The maximum atomic E-state index is 12.2. The summed E-state index contributed by atoms with van der Waals surface area (Å²) in [6.45, 7) is 4.73. The van der Waals surface area contributed by atoms with Crippen molar-refractivity contribution in [1.29, 1.82) is 0 Å². The second kappa shape index (κ2) is 8.94. The number of hydrogen-bond donors (Lipinski definition) is 2. The van der Waals surface area contributed by atoms with Gasteiger partial charge in [-0.2, -0.15) is 0 Å². The lowest BCUT2D eigenvalue weighted by atomic mass is 10.1. The smallest absolute Gasteiger partial charge is 0.251 e. The molecule has 0 spiro atoms. The molecule has 2 aromatic carbocycles. The molecule has 3 rings (SSSR count). The standard InChI is InChI=1S/C22H24N4O/c1-3-16(2)26-21(27)19-11-9-18(10-12-19)20-14-24-22(25-15-20)23-13-17-7-5-4-6-8-17/h4-12,14-16H,3,13H2,1-2H3,(H,26,27)(H,23,24,25)/t16-/m1/s1. The molecule has 5 heteroatoms. The van der Waals surface area contributed by atoms with E-state index in [1.165, 1.54) is 5.56 Å². The first-order valence-corrected chi connectivity index (χ1v) is 9.17. The average Bonchev–Trinajstić information content (AvgIpc) is 2.73. The Morgan fingerprint density at radius 2 is 1.63 bits per heavy atom. The molecule has 1 amide bonds. The van der Waals surface area contributed by atoms with Gasteiger partial charge in [-0.25, -0.2) is 9.97 Å². The van der Waals surface area contributed by atoms with Crippen molar-refractivity contribution < 1.29 is 4.79 Å². The van der Waals surface area contributed by atoms with Crippen LogP contribution in [-0.2, 0) is 6.54 Å². The van der Waals surface area contributed by atoms with E-state index in [0.29, 0.717) is 18.1 Å². The minimum atomic E-state index is -0.0485. The van der Waals surface area contributed by atoms with Crippen LogP contribution in [0.25, 0.3) is 11.1 Å². The first-order chi connectivity index (χ1) is 13.2. The fourth-order valence-corrected chi connectivity index (χ4v) is 2.57. The number of hydrogen-bond acceptors (Lipinski definition) is 4. The van der Waals surface area contributed by atoms with Crippen LogP contribution in [0.5, 0.6) is 0 Å².